The average molecular weight is 275 g/mol. The van der Waals surface area contributed by atoms with Gasteiger partial charge in [0.05, 0.1) is 5.92 Å². The lowest BCUT2D eigenvalue weighted by Crippen LogP contribution is -2.33. The number of aliphatic carboxylic acids is 1. The minimum Gasteiger partial charge on any atom is -0.481 e. The summed E-state index contributed by atoms with van der Waals surface area (Å²) >= 11 is 0. The largest absolute Gasteiger partial charge is 0.481 e. The topological polar surface area (TPSA) is 66.4 Å². The molecule has 0 saturated heterocycles. The number of hydrogen-bond acceptors (Lipinski definition) is 2. The Kier molecular flexibility index (Phi) is 5.97. The van der Waals surface area contributed by atoms with Crippen molar-refractivity contribution >= 4 is 11.9 Å². The minimum absolute atomic E-state index is 0.131. The molecule has 0 aliphatic carbocycles. The highest BCUT2D eigenvalue weighted by Crippen LogP contribution is 2.10. The molecule has 0 unspecified atom stereocenters. The normalized spacial score (nSPS) is 11.6. The first kappa shape index (κ1) is 16.0. The Hall–Kier alpha value is -2.10. The molecule has 0 aliphatic rings. The smallest absolute Gasteiger partial charge is 0.308 e. The molecular weight excluding hydrogens is 254 g/mol. The number of amides is 1. The Morgan fingerprint density at radius 1 is 1.25 bits per heavy atom. The van der Waals surface area contributed by atoms with E-state index in [1.54, 1.807) is 0 Å². The van der Waals surface area contributed by atoms with E-state index in [1.807, 2.05) is 45.0 Å². The number of hydrogen-bond donors (Lipinski definition) is 2. The van der Waals surface area contributed by atoms with Gasteiger partial charge in [0.1, 0.15) is 0 Å². The molecule has 4 nitrogen and oxygen atoms in total. The fraction of sp³-hybridized carbons (Fsp3) is 0.375. The number of carbonyl (C=O) groups excluding carboxylic acids is 1. The Morgan fingerprint density at radius 2 is 1.85 bits per heavy atom. The summed E-state index contributed by atoms with van der Waals surface area (Å²) in [6.45, 7) is 5.76. The van der Waals surface area contributed by atoms with Crippen LogP contribution in [0.5, 0.6) is 0 Å². The SMILES string of the molecule is CC(C)=CC(=O)NC[C@H](Cc1ccc(C)cc1)C(=O)O. The van der Waals surface area contributed by atoms with Crippen LogP contribution in [-0.2, 0) is 16.0 Å². The second-order valence-corrected chi connectivity index (χ2v) is 5.19. The number of nitrogens with one attached hydrogen (secondary N) is 1. The van der Waals surface area contributed by atoms with Crippen LogP contribution in [-0.4, -0.2) is 23.5 Å². The standard InChI is InChI=1S/C16H21NO3/c1-11(2)8-15(18)17-10-14(16(19)20)9-13-6-4-12(3)5-7-13/h4-8,14H,9-10H2,1-3H3,(H,17,18)(H,19,20)/t14-/m0/s1. The lowest BCUT2D eigenvalue weighted by molar-refractivity contribution is -0.141. The maximum atomic E-state index is 11.5. The lowest BCUT2D eigenvalue weighted by atomic mass is 9.98. The van der Waals surface area contributed by atoms with Crippen molar-refractivity contribution in [1.82, 2.24) is 5.32 Å². The zero-order valence-corrected chi connectivity index (χ0v) is 12.1. The van der Waals surface area contributed by atoms with Crippen LogP contribution < -0.4 is 5.32 Å². The highest BCUT2D eigenvalue weighted by atomic mass is 16.4. The van der Waals surface area contributed by atoms with Crippen LogP contribution in [0.2, 0.25) is 0 Å². The molecule has 20 heavy (non-hydrogen) atoms. The molecule has 2 N–H and O–H groups in total. The highest BCUT2D eigenvalue weighted by Gasteiger charge is 2.18. The van der Waals surface area contributed by atoms with Gasteiger partial charge in [0.15, 0.2) is 0 Å². The van der Waals surface area contributed by atoms with Gasteiger partial charge < -0.3 is 10.4 Å². The summed E-state index contributed by atoms with van der Waals surface area (Å²) in [7, 11) is 0. The van der Waals surface area contributed by atoms with E-state index in [2.05, 4.69) is 5.32 Å². The van der Waals surface area contributed by atoms with E-state index in [-0.39, 0.29) is 12.5 Å². The van der Waals surface area contributed by atoms with Crippen molar-refractivity contribution in [1.29, 1.82) is 0 Å². The Balaban J connectivity index is 2.61. The molecule has 0 radical (unpaired) electrons. The van der Waals surface area contributed by atoms with Crippen LogP contribution in [0.3, 0.4) is 0 Å². The molecule has 108 valence electrons. The van der Waals surface area contributed by atoms with Crippen molar-refractivity contribution in [2.24, 2.45) is 5.92 Å². The van der Waals surface area contributed by atoms with Gasteiger partial charge in [0.2, 0.25) is 5.91 Å². The maximum absolute atomic E-state index is 11.5. The summed E-state index contributed by atoms with van der Waals surface area (Å²) < 4.78 is 0. The number of carboxylic acid groups (broad SMARTS) is 1. The summed E-state index contributed by atoms with van der Waals surface area (Å²) in [6, 6.07) is 7.75. The van der Waals surface area contributed by atoms with Crippen molar-refractivity contribution in [3.63, 3.8) is 0 Å². The fourth-order valence-corrected chi connectivity index (χ4v) is 1.79. The molecule has 0 aliphatic heterocycles. The molecule has 1 aromatic rings. The highest BCUT2D eigenvalue weighted by molar-refractivity contribution is 5.88. The molecule has 1 amide bonds. The van der Waals surface area contributed by atoms with E-state index in [9.17, 15) is 14.7 Å². The van der Waals surface area contributed by atoms with Gasteiger partial charge in [-0.3, -0.25) is 9.59 Å². The summed E-state index contributed by atoms with van der Waals surface area (Å²) in [5.74, 6) is -1.77. The third-order valence-corrected chi connectivity index (χ3v) is 2.89. The van der Waals surface area contributed by atoms with Crippen LogP contribution in [0.4, 0.5) is 0 Å². The van der Waals surface area contributed by atoms with Gasteiger partial charge in [-0.05, 0) is 32.8 Å². The molecule has 1 rings (SSSR count). The van der Waals surface area contributed by atoms with Gasteiger partial charge in [-0.1, -0.05) is 35.4 Å². The lowest BCUT2D eigenvalue weighted by Gasteiger charge is -2.13. The van der Waals surface area contributed by atoms with Gasteiger partial charge >= 0.3 is 5.97 Å². The average Bonchev–Trinajstić information content (AvgIpc) is 2.35. The minimum atomic E-state index is -0.900. The molecule has 0 heterocycles. The molecule has 1 aromatic carbocycles. The number of allylic oxidation sites excluding steroid dienone is 1. The summed E-state index contributed by atoms with van der Waals surface area (Å²) in [4.78, 5) is 22.7. The fourth-order valence-electron chi connectivity index (χ4n) is 1.79. The number of aryl methyl sites for hydroxylation is 1. The summed E-state index contributed by atoms with van der Waals surface area (Å²) in [6.07, 6.45) is 1.87. The molecule has 0 aromatic heterocycles. The molecule has 0 spiro atoms. The van der Waals surface area contributed by atoms with Crippen LogP contribution in [0.25, 0.3) is 0 Å². The van der Waals surface area contributed by atoms with Crippen molar-refractivity contribution in [2.75, 3.05) is 6.54 Å². The Bertz CT molecular complexity index is 499. The first-order chi connectivity index (χ1) is 9.38. The molecule has 0 bridgehead atoms. The Labute approximate surface area is 119 Å². The molecule has 0 saturated carbocycles. The molecular formula is C16H21NO3. The van der Waals surface area contributed by atoms with Crippen molar-refractivity contribution in [3.8, 4) is 0 Å². The quantitative estimate of drug-likeness (QED) is 0.783. The summed E-state index contributed by atoms with van der Waals surface area (Å²) in [5, 5.41) is 11.8. The zero-order valence-electron chi connectivity index (χ0n) is 12.1. The predicted molar refractivity (Wildman–Crippen MR) is 78.4 cm³/mol. The molecule has 1 atom stereocenters. The third kappa shape index (κ3) is 5.69. The van der Waals surface area contributed by atoms with E-state index in [0.717, 1.165) is 16.7 Å². The maximum Gasteiger partial charge on any atom is 0.308 e. The number of carboxylic acids is 1. The van der Waals surface area contributed by atoms with E-state index < -0.39 is 11.9 Å². The van der Waals surface area contributed by atoms with Gasteiger partial charge in [0, 0.05) is 12.6 Å². The number of carbonyl (C=O) groups is 2. The van der Waals surface area contributed by atoms with E-state index in [0.29, 0.717) is 6.42 Å². The zero-order chi connectivity index (χ0) is 15.1. The number of rotatable bonds is 6. The van der Waals surface area contributed by atoms with Crippen molar-refractivity contribution in [2.45, 2.75) is 27.2 Å². The van der Waals surface area contributed by atoms with Crippen LogP contribution in [0.1, 0.15) is 25.0 Å². The summed E-state index contributed by atoms with van der Waals surface area (Å²) in [5.41, 5.74) is 2.98. The van der Waals surface area contributed by atoms with Crippen molar-refractivity contribution < 1.29 is 14.7 Å². The van der Waals surface area contributed by atoms with Crippen LogP contribution in [0.15, 0.2) is 35.9 Å². The van der Waals surface area contributed by atoms with Crippen LogP contribution >= 0.6 is 0 Å². The second kappa shape index (κ2) is 7.48. The Morgan fingerprint density at radius 3 is 2.35 bits per heavy atom. The van der Waals surface area contributed by atoms with E-state index in [4.69, 9.17) is 0 Å². The molecule has 4 heteroatoms. The third-order valence-electron chi connectivity index (χ3n) is 2.89. The van der Waals surface area contributed by atoms with Gasteiger partial charge in [-0.2, -0.15) is 0 Å². The first-order valence-electron chi connectivity index (χ1n) is 6.59. The first-order valence-corrected chi connectivity index (χ1v) is 6.59. The van der Waals surface area contributed by atoms with Gasteiger partial charge in [0.25, 0.3) is 0 Å². The number of benzene rings is 1. The van der Waals surface area contributed by atoms with Crippen LogP contribution in [0, 0.1) is 12.8 Å². The second-order valence-electron chi connectivity index (χ2n) is 5.19. The van der Waals surface area contributed by atoms with E-state index >= 15 is 0 Å². The van der Waals surface area contributed by atoms with Crippen molar-refractivity contribution in [3.05, 3.63) is 47.0 Å². The van der Waals surface area contributed by atoms with E-state index in [1.165, 1.54) is 6.08 Å². The van der Waals surface area contributed by atoms with Gasteiger partial charge in [-0.15, -0.1) is 0 Å². The monoisotopic (exact) mass is 275 g/mol. The predicted octanol–water partition coefficient (Wildman–Crippen LogP) is 2.32. The van der Waals surface area contributed by atoms with Gasteiger partial charge in [-0.25, -0.2) is 0 Å². The molecule has 0 fully saturated rings.